The molecule has 0 bridgehead atoms. The van der Waals surface area contributed by atoms with E-state index in [0.717, 1.165) is 36.7 Å². The number of aryl methyl sites for hydroxylation is 1. The van der Waals surface area contributed by atoms with Crippen LogP contribution in [0, 0.1) is 12.8 Å². The number of nitrogens with one attached hydrogen (secondary N) is 1. The summed E-state index contributed by atoms with van der Waals surface area (Å²) in [6.45, 7) is 4.26. The van der Waals surface area contributed by atoms with E-state index in [-0.39, 0.29) is 0 Å². The summed E-state index contributed by atoms with van der Waals surface area (Å²) in [7, 11) is 0. The Labute approximate surface area is 101 Å². The Morgan fingerprint density at radius 2 is 2.29 bits per heavy atom. The molecule has 1 saturated heterocycles. The first-order chi connectivity index (χ1) is 8.31. The van der Waals surface area contributed by atoms with Crippen molar-refractivity contribution in [2.24, 2.45) is 5.92 Å². The second-order valence-corrected chi connectivity index (χ2v) is 4.72. The Hall–Kier alpha value is -1.61. The van der Waals surface area contributed by atoms with Crippen molar-refractivity contribution < 1.29 is 4.42 Å². The van der Waals surface area contributed by atoms with E-state index in [9.17, 15) is 0 Å². The molecule has 1 aliphatic rings. The van der Waals surface area contributed by atoms with Crippen molar-refractivity contribution in [1.29, 1.82) is 0 Å². The second kappa shape index (κ2) is 4.34. The molecule has 3 heteroatoms. The number of oxazole rings is 1. The highest BCUT2D eigenvalue weighted by molar-refractivity contribution is 5.58. The molecule has 2 aromatic rings. The van der Waals surface area contributed by atoms with Gasteiger partial charge in [0.2, 0.25) is 0 Å². The molecule has 3 nitrogen and oxygen atoms in total. The first kappa shape index (κ1) is 10.5. The fourth-order valence-corrected chi connectivity index (χ4v) is 2.08. The standard InChI is InChI=1S/C14H16N2O/c1-10-3-2-4-12(5-10)13-9-17-14(16-13)6-11-7-15-8-11/h2-5,9,11,15H,6-8H2,1H3. The summed E-state index contributed by atoms with van der Waals surface area (Å²) in [6.07, 6.45) is 2.70. The minimum Gasteiger partial charge on any atom is -0.448 e. The van der Waals surface area contributed by atoms with E-state index in [1.807, 2.05) is 0 Å². The monoisotopic (exact) mass is 228 g/mol. The van der Waals surface area contributed by atoms with Crippen molar-refractivity contribution in [3.63, 3.8) is 0 Å². The van der Waals surface area contributed by atoms with E-state index in [1.54, 1.807) is 6.26 Å². The summed E-state index contributed by atoms with van der Waals surface area (Å²) in [4.78, 5) is 4.55. The number of hydrogen-bond donors (Lipinski definition) is 1. The number of rotatable bonds is 3. The second-order valence-electron chi connectivity index (χ2n) is 4.72. The Kier molecular flexibility index (Phi) is 2.69. The van der Waals surface area contributed by atoms with Gasteiger partial charge in [-0.25, -0.2) is 4.98 Å². The normalized spacial score (nSPS) is 15.8. The molecule has 0 radical (unpaired) electrons. The molecular weight excluding hydrogens is 212 g/mol. The zero-order valence-corrected chi connectivity index (χ0v) is 9.94. The van der Waals surface area contributed by atoms with Gasteiger partial charge < -0.3 is 9.73 Å². The number of benzene rings is 1. The van der Waals surface area contributed by atoms with Gasteiger partial charge in [-0.15, -0.1) is 0 Å². The zero-order valence-electron chi connectivity index (χ0n) is 9.94. The number of hydrogen-bond acceptors (Lipinski definition) is 3. The highest BCUT2D eigenvalue weighted by Crippen LogP contribution is 2.21. The third kappa shape index (κ3) is 2.24. The summed E-state index contributed by atoms with van der Waals surface area (Å²) >= 11 is 0. The lowest BCUT2D eigenvalue weighted by Crippen LogP contribution is -2.43. The molecule has 1 aromatic heterocycles. The molecule has 1 aliphatic heterocycles. The molecular formula is C14H16N2O. The Morgan fingerprint density at radius 1 is 1.41 bits per heavy atom. The fraction of sp³-hybridized carbons (Fsp3) is 0.357. The first-order valence-corrected chi connectivity index (χ1v) is 6.03. The summed E-state index contributed by atoms with van der Waals surface area (Å²) in [5, 5.41) is 3.26. The predicted molar refractivity (Wildman–Crippen MR) is 66.7 cm³/mol. The van der Waals surface area contributed by atoms with E-state index >= 15 is 0 Å². The molecule has 1 N–H and O–H groups in total. The van der Waals surface area contributed by atoms with Crippen LogP contribution in [-0.4, -0.2) is 18.1 Å². The molecule has 88 valence electrons. The number of nitrogens with zero attached hydrogens (tertiary/aromatic N) is 1. The molecule has 2 heterocycles. The van der Waals surface area contributed by atoms with Crippen LogP contribution in [0.15, 0.2) is 34.9 Å². The van der Waals surface area contributed by atoms with E-state index < -0.39 is 0 Å². The lowest BCUT2D eigenvalue weighted by atomic mass is 10.00. The van der Waals surface area contributed by atoms with Crippen LogP contribution >= 0.6 is 0 Å². The van der Waals surface area contributed by atoms with Gasteiger partial charge in [0.05, 0.1) is 0 Å². The van der Waals surface area contributed by atoms with Gasteiger partial charge in [-0.3, -0.25) is 0 Å². The summed E-state index contributed by atoms with van der Waals surface area (Å²) in [5.41, 5.74) is 3.32. The van der Waals surface area contributed by atoms with Crippen LogP contribution in [0.4, 0.5) is 0 Å². The van der Waals surface area contributed by atoms with Crippen molar-refractivity contribution in [2.45, 2.75) is 13.3 Å². The summed E-state index contributed by atoms with van der Waals surface area (Å²) in [5.74, 6) is 1.55. The first-order valence-electron chi connectivity index (χ1n) is 6.03. The molecule has 0 unspecified atom stereocenters. The minimum atomic E-state index is 0.694. The Morgan fingerprint density at radius 3 is 3.00 bits per heavy atom. The van der Waals surface area contributed by atoms with Crippen LogP contribution in [0.2, 0.25) is 0 Å². The maximum Gasteiger partial charge on any atom is 0.194 e. The maximum atomic E-state index is 5.53. The van der Waals surface area contributed by atoms with Crippen LogP contribution in [0.5, 0.6) is 0 Å². The molecule has 1 fully saturated rings. The number of aromatic nitrogens is 1. The molecule has 1 aromatic carbocycles. The average Bonchev–Trinajstić information content (AvgIpc) is 2.72. The molecule has 0 aliphatic carbocycles. The van der Waals surface area contributed by atoms with Gasteiger partial charge in [0.25, 0.3) is 0 Å². The van der Waals surface area contributed by atoms with Gasteiger partial charge in [-0.1, -0.05) is 23.8 Å². The molecule has 0 spiro atoms. The van der Waals surface area contributed by atoms with E-state index in [2.05, 4.69) is 41.5 Å². The van der Waals surface area contributed by atoms with Crippen molar-refractivity contribution >= 4 is 0 Å². The van der Waals surface area contributed by atoms with Crippen molar-refractivity contribution in [3.05, 3.63) is 42.0 Å². The Bertz CT molecular complexity index is 514. The highest BCUT2D eigenvalue weighted by atomic mass is 16.3. The lowest BCUT2D eigenvalue weighted by Gasteiger charge is -2.25. The van der Waals surface area contributed by atoms with E-state index in [1.165, 1.54) is 5.56 Å². The van der Waals surface area contributed by atoms with Gasteiger partial charge in [-0.2, -0.15) is 0 Å². The molecule has 0 amide bonds. The van der Waals surface area contributed by atoms with Crippen molar-refractivity contribution in [2.75, 3.05) is 13.1 Å². The smallest absolute Gasteiger partial charge is 0.194 e. The van der Waals surface area contributed by atoms with Gasteiger partial charge >= 0.3 is 0 Å². The van der Waals surface area contributed by atoms with Gasteiger partial charge in [0.15, 0.2) is 5.89 Å². The molecule has 3 rings (SSSR count). The topological polar surface area (TPSA) is 38.1 Å². The third-order valence-electron chi connectivity index (χ3n) is 3.19. The van der Waals surface area contributed by atoms with Crippen molar-refractivity contribution in [1.82, 2.24) is 10.3 Å². The van der Waals surface area contributed by atoms with Crippen LogP contribution in [0.1, 0.15) is 11.5 Å². The minimum absolute atomic E-state index is 0.694. The predicted octanol–water partition coefficient (Wildman–Crippen LogP) is 2.41. The lowest BCUT2D eigenvalue weighted by molar-refractivity contribution is 0.318. The van der Waals surface area contributed by atoms with Crippen LogP contribution < -0.4 is 5.32 Å². The molecule has 0 saturated carbocycles. The van der Waals surface area contributed by atoms with E-state index in [0.29, 0.717) is 5.92 Å². The van der Waals surface area contributed by atoms with Gasteiger partial charge in [-0.05, 0) is 32.0 Å². The fourth-order valence-electron chi connectivity index (χ4n) is 2.08. The Balaban J connectivity index is 1.79. The van der Waals surface area contributed by atoms with Gasteiger partial charge in [0.1, 0.15) is 12.0 Å². The average molecular weight is 228 g/mol. The van der Waals surface area contributed by atoms with Crippen LogP contribution in [-0.2, 0) is 6.42 Å². The van der Waals surface area contributed by atoms with Crippen molar-refractivity contribution in [3.8, 4) is 11.3 Å². The summed E-state index contributed by atoms with van der Waals surface area (Å²) in [6, 6.07) is 8.34. The largest absolute Gasteiger partial charge is 0.448 e. The zero-order chi connectivity index (χ0) is 11.7. The highest BCUT2D eigenvalue weighted by Gasteiger charge is 2.19. The van der Waals surface area contributed by atoms with Crippen LogP contribution in [0.25, 0.3) is 11.3 Å². The van der Waals surface area contributed by atoms with Crippen LogP contribution in [0.3, 0.4) is 0 Å². The SMILES string of the molecule is Cc1cccc(-c2coc(CC3CNC3)n2)c1. The summed E-state index contributed by atoms with van der Waals surface area (Å²) < 4.78 is 5.53. The maximum absolute atomic E-state index is 5.53. The molecule has 17 heavy (non-hydrogen) atoms. The van der Waals surface area contributed by atoms with E-state index in [4.69, 9.17) is 4.42 Å². The third-order valence-corrected chi connectivity index (χ3v) is 3.19. The van der Waals surface area contributed by atoms with Gasteiger partial charge in [0, 0.05) is 12.0 Å². The molecule has 0 atom stereocenters. The quantitative estimate of drug-likeness (QED) is 0.876.